The molecule has 3 rings (SSSR count). The number of rotatable bonds is 3. The van der Waals surface area contributed by atoms with Gasteiger partial charge in [0.15, 0.2) is 5.82 Å². The van der Waals surface area contributed by atoms with Crippen LogP contribution in [0.15, 0.2) is 48.1 Å². The highest BCUT2D eigenvalue weighted by Crippen LogP contribution is 2.25. The second-order valence-electron chi connectivity index (χ2n) is 3.94. The summed E-state index contributed by atoms with van der Waals surface area (Å²) >= 11 is 1.54. The molecule has 2 aromatic heterocycles. The molecule has 0 amide bonds. The van der Waals surface area contributed by atoms with E-state index < -0.39 is 0 Å². The van der Waals surface area contributed by atoms with Gasteiger partial charge in [0.05, 0.1) is 16.1 Å². The summed E-state index contributed by atoms with van der Waals surface area (Å²) in [5.74, 6) is 1.51. The molecule has 19 heavy (non-hydrogen) atoms. The Labute approximate surface area is 115 Å². The van der Waals surface area contributed by atoms with E-state index in [-0.39, 0.29) is 0 Å². The van der Waals surface area contributed by atoms with Crippen molar-refractivity contribution in [3.8, 4) is 22.0 Å². The number of anilines is 1. The summed E-state index contributed by atoms with van der Waals surface area (Å²) in [4.78, 5) is 14.1. The molecule has 2 heterocycles. The Morgan fingerprint density at radius 1 is 1.11 bits per heavy atom. The van der Waals surface area contributed by atoms with E-state index in [4.69, 9.17) is 0 Å². The van der Waals surface area contributed by atoms with Crippen LogP contribution in [0.3, 0.4) is 0 Å². The molecule has 5 heteroatoms. The Bertz CT molecular complexity index is 665. The Kier molecular flexibility index (Phi) is 3.20. The molecule has 0 fully saturated rings. The van der Waals surface area contributed by atoms with Gasteiger partial charge in [-0.3, -0.25) is 4.98 Å². The molecule has 0 atom stereocenters. The number of thiazole rings is 1. The molecule has 3 aromatic rings. The average Bonchev–Trinajstić information content (AvgIpc) is 3.02. The monoisotopic (exact) mass is 268 g/mol. The van der Waals surface area contributed by atoms with Crippen LogP contribution in [-0.4, -0.2) is 22.0 Å². The van der Waals surface area contributed by atoms with Crippen LogP contribution in [0.2, 0.25) is 0 Å². The number of benzene rings is 1. The highest BCUT2D eigenvalue weighted by atomic mass is 32.1. The first-order valence-electron chi connectivity index (χ1n) is 5.88. The lowest BCUT2D eigenvalue weighted by Crippen LogP contribution is -1.98. The summed E-state index contributed by atoms with van der Waals surface area (Å²) < 4.78 is 0. The largest absolute Gasteiger partial charge is 0.373 e. The molecule has 94 valence electrons. The van der Waals surface area contributed by atoms with Crippen molar-refractivity contribution in [3.05, 3.63) is 48.1 Å². The fourth-order valence-corrected chi connectivity index (χ4v) is 2.32. The van der Waals surface area contributed by atoms with Crippen molar-refractivity contribution < 1.29 is 0 Å². The van der Waals surface area contributed by atoms with E-state index in [1.54, 1.807) is 11.7 Å². The van der Waals surface area contributed by atoms with Crippen LogP contribution in [0, 0.1) is 0 Å². The Balaban J connectivity index is 2.13. The molecule has 0 saturated carbocycles. The number of nitrogens with zero attached hydrogens (tertiary/aromatic N) is 3. The van der Waals surface area contributed by atoms with Gasteiger partial charge >= 0.3 is 0 Å². The zero-order valence-corrected chi connectivity index (χ0v) is 11.2. The molecule has 0 saturated heterocycles. The average molecular weight is 268 g/mol. The van der Waals surface area contributed by atoms with Gasteiger partial charge in [0.25, 0.3) is 0 Å². The topological polar surface area (TPSA) is 50.7 Å². The van der Waals surface area contributed by atoms with E-state index in [1.807, 2.05) is 43.4 Å². The van der Waals surface area contributed by atoms with Gasteiger partial charge in [0, 0.05) is 24.9 Å². The third-order valence-corrected chi connectivity index (χ3v) is 3.47. The smallest absolute Gasteiger partial charge is 0.173 e. The molecule has 1 aromatic carbocycles. The van der Waals surface area contributed by atoms with E-state index in [0.29, 0.717) is 5.82 Å². The molecule has 4 nitrogen and oxygen atoms in total. The van der Waals surface area contributed by atoms with E-state index in [2.05, 4.69) is 20.3 Å². The SMILES string of the molecule is CNc1cc(-c2ccccc2)nc(-c2cncs2)n1. The lowest BCUT2D eigenvalue weighted by atomic mass is 10.1. The maximum Gasteiger partial charge on any atom is 0.173 e. The van der Waals surface area contributed by atoms with Crippen molar-refractivity contribution in [1.82, 2.24) is 15.0 Å². The minimum Gasteiger partial charge on any atom is -0.373 e. The van der Waals surface area contributed by atoms with Crippen LogP contribution in [0.1, 0.15) is 0 Å². The quantitative estimate of drug-likeness (QED) is 0.791. The van der Waals surface area contributed by atoms with Crippen molar-refractivity contribution in [3.63, 3.8) is 0 Å². The summed E-state index contributed by atoms with van der Waals surface area (Å²) in [6, 6.07) is 12.0. The predicted molar refractivity (Wildman–Crippen MR) is 78.1 cm³/mol. The molecule has 0 radical (unpaired) electrons. The molecule has 1 N–H and O–H groups in total. The van der Waals surface area contributed by atoms with E-state index in [9.17, 15) is 0 Å². The maximum absolute atomic E-state index is 4.61. The first kappa shape index (κ1) is 11.8. The van der Waals surface area contributed by atoms with Gasteiger partial charge in [-0.2, -0.15) is 0 Å². The number of aromatic nitrogens is 3. The van der Waals surface area contributed by atoms with Gasteiger partial charge in [-0.05, 0) is 0 Å². The van der Waals surface area contributed by atoms with Crippen LogP contribution in [0.25, 0.3) is 22.0 Å². The number of hydrogen-bond donors (Lipinski definition) is 1. The summed E-state index contributed by atoms with van der Waals surface area (Å²) in [5.41, 5.74) is 3.77. The molecular weight excluding hydrogens is 256 g/mol. The lowest BCUT2D eigenvalue weighted by molar-refractivity contribution is 1.18. The molecule has 0 bridgehead atoms. The summed E-state index contributed by atoms with van der Waals surface area (Å²) in [7, 11) is 1.85. The zero-order valence-electron chi connectivity index (χ0n) is 10.4. The third-order valence-electron chi connectivity index (χ3n) is 2.70. The van der Waals surface area contributed by atoms with Gasteiger partial charge in [0.2, 0.25) is 0 Å². The molecular formula is C14H12N4S. The highest BCUT2D eigenvalue weighted by Gasteiger charge is 2.08. The van der Waals surface area contributed by atoms with Crippen LogP contribution in [0.5, 0.6) is 0 Å². The van der Waals surface area contributed by atoms with Crippen LogP contribution in [-0.2, 0) is 0 Å². The summed E-state index contributed by atoms with van der Waals surface area (Å²) in [6.07, 6.45) is 1.79. The minimum absolute atomic E-state index is 0.702. The normalized spacial score (nSPS) is 10.4. The van der Waals surface area contributed by atoms with Crippen molar-refractivity contribution in [2.75, 3.05) is 12.4 Å². The first-order valence-corrected chi connectivity index (χ1v) is 6.76. The fourth-order valence-electron chi connectivity index (χ4n) is 1.77. The van der Waals surface area contributed by atoms with Crippen molar-refractivity contribution in [1.29, 1.82) is 0 Å². The Hall–Kier alpha value is -2.27. The molecule has 0 aliphatic heterocycles. The minimum atomic E-state index is 0.702. The van der Waals surface area contributed by atoms with Crippen LogP contribution in [0.4, 0.5) is 5.82 Å². The number of hydrogen-bond acceptors (Lipinski definition) is 5. The summed E-state index contributed by atoms with van der Waals surface area (Å²) in [5, 5.41) is 3.07. The summed E-state index contributed by atoms with van der Waals surface area (Å²) in [6.45, 7) is 0. The Morgan fingerprint density at radius 2 is 1.95 bits per heavy atom. The van der Waals surface area contributed by atoms with Gasteiger partial charge < -0.3 is 5.32 Å². The van der Waals surface area contributed by atoms with Crippen LogP contribution >= 0.6 is 11.3 Å². The van der Waals surface area contributed by atoms with Crippen LogP contribution < -0.4 is 5.32 Å². The Morgan fingerprint density at radius 3 is 2.63 bits per heavy atom. The third kappa shape index (κ3) is 2.46. The molecule has 0 aliphatic rings. The van der Waals surface area contributed by atoms with Crippen molar-refractivity contribution in [2.24, 2.45) is 0 Å². The zero-order chi connectivity index (χ0) is 13.1. The van der Waals surface area contributed by atoms with Crippen molar-refractivity contribution >= 4 is 17.2 Å². The second-order valence-corrected chi connectivity index (χ2v) is 4.83. The predicted octanol–water partition coefficient (Wildman–Crippen LogP) is 3.31. The van der Waals surface area contributed by atoms with Gasteiger partial charge in [-0.25, -0.2) is 9.97 Å². The molecule has 0 aliphatic carbocycles. The lowest BCUT2D eigenvalue weighted by Gasteiger charge is -2.06. The highest BCUT2D eigenvalue weighted by molar-refractivity contribution is 7.13. The van der Waals surface area contributed by atoms with E-state index in [1.165, 1.54) is 11.3 Å². The maximum atomic E-state index is 4.61. The van der Waals surface area contributed by atoms with Crippen molar-refractivity contribution in [2.45, 2.75) is 0 Å². The first-order chi connectivity index (χ1) is 9.36. The fraction of sp³-hybridized carbons (Fsp3) is 0.0714. The number of nitrogens with one attached hydrogen (secondary N) is 1. The van der Waals surface area contributed by atoms with Gasteiger partial charge in [0.1, 0.15) is 5.82 Å². The second kappa shape index (κ2) is 5.16. The molecule has 0 spiro atoms. The van der Waals surface area contributed by atoms with E-state index in [0.717, 1.165) is 22.0 Å². The standard InChI is InChI=1S/C14H12N4S/c1-15-13-7-11(10-5-3-2-4-6-10)17-14(18-13)12-8-16-9-19-12/h2-9H,1H3,(H,15,17,18). The molecule has 0 unspecified atom stereocenters. The van der Waals surface area contributed by atoms with Gasteiger partial charge in [-0.1, -0.05) is 30.3 Å². The van der Waals surface area contributed by atoms with E-state index >= 15 is 0 Å². The van der Waals surface area contributed by atoms with Gasteiger partial charge in [-0.15, -0.1) is 11.3 Å².